The first-order valence-electron chi connectivity index (χ1n) is 3.21. The molecule has 0 aromatic heterocycles. The molecule has 0 aliphatic heterocycles. The maximum absolute atomic E-state index is 10.9. The third kappa shape index (κ3) is 1.90. The van der Waals surface area contributed by atoms with Gasteiger partial charge in [-0.15, -0.1) is 0 Å². The molecule has 0 fully saturated rings. The Morgan fingerprint density at radius 3 is 2.67 bits per heavy atom. The Bertz CT molecular complexity index is 314. The number of nitrogens with two attached hydrogens (primary N) is 1. The predicted octanol–water partition coefficient (Wildman–Crippen LogP) is 0.236. The molecular weight excluding hydrogens is 176 g/mol. The lowest BCUT2D eigenvalue weighted by Crippen LogP contribution is -2.06. The standard InChI is InChI=1S/C7H8N2O2S/c8-12(11)7-4-2-1-3-6(7)9-5-10/h1-5H,8H2,(H,9,10). The number of rotatable bonds is 3. The second-order valence-corrected chi connectivity index (χ2v) is 3.09. The molecule has 0 aliphatic rings. The quantitative estimate of drug-likeness (QED) is 0.660. The van der Waals surface area contributed by atoms with Gasteiger partial charge in [-0.05, 0) is 12.1 Å². The van der Waals surface area contributed by atoms with Crippen molar-refractivity contribution in [2.75, 3.05) is 5.32 Å². The molecule has 0 saturated carbocycles. The summed E-state index contributed by atoms with van der Waals surface area (Å²) in [7, 11) is -1.56. The van der Waals surface area contributed by atoms with Gasteiger partial charge in [-0.1, -0.05) is 12.1 Å². The largest absolute Gasteiger partial charge is 0.328 e. The third-order valence-corrected chi connectivity index (χ3v) is 2.11. The van der Waals surface area contributed by atoms with Crippen LogP contribution in [0.5, 0.6) is 0 Å². The highest BCUT2D eigenvalue weighted by molar-refractivity contribution is 7.82. The topological polar surface area (TPSA) is 72.2 Å². The summed E-state index contributed by atoms with van der Waals surface area (Å²) in [5.74, 6) is 0. The van der Waals surface area contributed by atoms with Gasteiger partial charge in [0.2, 0.25) is 6.41 Å². The van der Waals surface area contributed by atoms with E-state index in [1.165, 1.54) is 0 Å². The van der Waals surface area contributed by atoms with Gasteiger partial charge >= 0.3 is 0 Å². The van der Waals surface area contributed by atoms with Crippen LogP contribution < -0.4 is 10.5 Å². The van der Waals surface area contributed by atoms with Crippen LogP contribution in [0.4, 0.5) is 5.69 Å². The van der Waals surface area contributed by atoms with Gasteiger partial charge in [0, 0.05) is 0 Å². The number of hydrogen-bond acceptors (Lipinski definition) is 2. The molecule has 5 heteroatoms. The summed E-state index contributed by atoms with van der Waals surface area (Å²) in [6.45, 7) is 0. The Hall–Kier alpha value is -1.20. The molecule has 1 amide bonds. The van der Waals surface area contributed by atoms with E-state index in [-0.39, 0.29) is 0 Å². The Labute approximate surface area is 72.4 Å². The Balaban J connectivity index is 3.07. The van der Waals surface area contributed by atoms with Crippen LogP contribution in [-0.2, 0) is 15.8 Å². The Morgan fingerprint density at radius 1 is 1.42 bits per heavy atom. The normalized spacial score (nSPS) is 12.1. The number of nitrogens with one attached hydrogen (secondary N) is 1. The number of amides is 1. The molecule has 12 heavy (non-hydrogen) atoms. The molecule has 1 aromatic rings. The first-order valence-corrected chi connectivity index (χ1v) is 4.42. The van der Waals surface area contributed by atoms with Crippen molar-refractivity contribution < 1.29 is 9.00 Å². The summed E-state index contributed by atoms with van der Waals surface area (Å²) in [6, 6.07) is 6.66. The minimum absolute atomic E-state index is 0.421. The zero-order valence-corrected chi connectivity index (χ0v) is 7.01. The van der Waals surface area contributed by atoms with Crippen molar-refractivity contribution in [2.24, 2.45) is 5.14 Å². The van der Waals surface area contributed by atoms with Gasteiger partial charge in [0.15, 0.2) is 0 Å². The second kappa shape index (κ2) is 3.99. The number of anilines is 1. The molecule has 0 saturated heterocycles. The average molecular weight is 184 g/mol. The van der Waals surface area contributed by atoms with E-state index in [4.69, 9.17) is 5.14 Å². The van der Waals surface area contributed by atoms with E-state index < -0.39 is 11.0 Å². The molecule has 1 unspecified atom stereocenters. The lowest BCUT2D eigenvalue weighted by molar-refractivity contribution is -0.105. The summed E-state index contributed by atoms with van der Waals surface area (Å²) in [5, 5.41) is 7.56. The van der Waals surface area contributed by atoms with Crippen LogP contribution >= 0.6 is 0 Å². The van der Waals surface area contributed by atoms with E-state index in [1.807, 2.05) is 0 Å². The van der Waals surface area contributed by atoms with Crippen molar-refractivity contribution in [3.63, 3.8) is 0 Å². The molecule has 0 aliphatic carbocycles. The van der Waals surface area contributed by atoms with Gasteiger partial charge in [0.05, 0.1) is 10.6 Å². The molecule has 4 nitrogen and oxygen atoms in total. The van der Waals surface area contributed by atoms with Crippen LogP contribution in [0.25, 0.3) is 0 Å². The minimum atomic E-state index is -1.56. The molecule has 0 spiro atoms. The minimum Gasteiger partial charge on any atom is -0.328 e. The van der Waals surface area contributed by atoms with Gasteiger partial charge in [0.25, 0.3) is 0 Å². The fourth-order valence-corrected chi connectivity index (χ4v) is 1.38. The molecule has 3 N–H and O–H groups in total. The molecule has 0 heterocycles. The maximum Gasteiger partial charge on any atom is 0.211 e. The van der Waals surface area contributed by atoms with Crippen LogP contribution in [0.3, 0.4) is 0 Å². The maximum atomic E-state index is 10.9. The monoisotopic (exact) mass is 184 g/mol. The number of hydrogen-bond donors (Lipinski definition) is 2. The van der Waals surface area contributed by atoms with Crippen molar-refractivity contribution in [1.82, 2.24) is 0 Å². The highest BCUT2D eigenvalue weighted by Crippen LogP contribution is 2.15. The predicted molar refractivity (Wildman–Crippen MR) is 46.7 cm³/mol. The van der Waals surface area contributed by atoms with Crippen molar-refractivity contribution in [3.05, 3.63) is 24.3 Å². The number of para-hydroxylation sites is 1. The highest BCUT2D eigenvalue weighted by atomic mass is 32.2. The average Bonchev–Trinajstić information content (AvgIpc) is 2.05. The van der Waals surface area contributed by atoms with Gasteiger partial charge in [-0.3, -0.25) is 4.79 Å². The summed E-state index contributed by atoms with van der Waals surface area (Å²) < 4.78 is 10.9. The van der Waals surface area contributed by atoms with Crippen LogP contribution in [0.2, 0.25) is 0 Å². The zero-order valence-electron chi connectivity index (χ0n) is 6.19. The molecule has 0 bridgehead atoms. The first kappa shape index (κ1) is 8.89. The van der Waals surface area contributed by atoms with Gasteiger partial charge in [-0.25, -0.2) is 9.35 Å². The zero-order chi connectivity index (χ0) is 8.97. The van der Waals surface area contributed by atoms with Crippen molar-refractivity contribution in [2.45, 2.75) is 4.90 Å². The number of carbonyl (C=O) groups excluding carboxylic acids is 1. The summed E-state index contributed by atoms with van der Waals surface area (Å²) >= 11 is 0. The first-order chi connectivity index (χ1) is 5.75. The molecule has 64 valence electrons. The summed E-state index contributed by atoms with van der Waals surface area (Å²) in [4.78, 5) is 10.5. The molecule has 0 radical (unpaired) electrons. The molecule has 1 atom stereocenters. The van der Waals surface area contributed by atoms with Gasteiger partial charge < -0.3 is 5.32 Å². The third-order valence-electron chi connectivity index (χ3n) is 1.32. The van der Waals surface area contributed by atoms with Crippen LogP contribution in [-0.4, -0.2) is 10.6 Å². The van der Waals surface area contributed by atoms with E-state index in [2.05, 4.69) is 5.32 Å². The fourth-order valence-electron chi connectivity index (χ4n) is 0.825. The van der Waals surface area contributed by atoms with E-state index in [9.17, 15) is 9.00 Å². The SMILES string of the molecule is NS(=O)c1ccccc1NC=O. The molecular formula is C7H8N2O2S. The van der Waals surface area contributed by atoms with Crippen LogP contribution in [0.15, 0.2) is 29.2 Å². The van der Waals surface area contributed by atoms with Crippen molar-refractivity contribution in [3.8, 4) is 0 Å². The molecule has 1 rings (SSSR count). The second-order valence-electron chi connectivity index (χ2n) is 2.06. The van der Waals surface area contributed by atoms with E-state index in [0.29, 0.717) is 17.0 Å². The van der Waals surface area contributed by atoms with Crippen molar-refractivity contribution >= 4 is 23.1 Å². The Kier molecular flexibility index (Phi) is 2.95. The lowest BCUT2D eigenvalue weighted by Gasteiger charge is -2.03. The number of benzene rings is 1. The van der Waals surface area contributed by atoms with E-state index in [0.717, 1.165) is 0 Å². The van der Waals surface area contributed by atoms with Crippen LogP contribution in [0, 0.1) is 0 Å². The highest BCUT2D eigenvalue weighted by Gasteiger charge is 2.03. The summed E-state index contributed by atoms with van der Waals surface area (Å²) in [5.41, 5.74) is 0.480. The van der Waals surface area contributed by atoms with Gasteiger partial charge in [-0.2, -0.15) is 0 Å². The fraction of sp³-hybridized carbons (Fsp3) is 0. The van der Waals surface area contributed by atoms with E-state index >= 15 is 0 Å². The van der Waals surface area contributed by atoms with E-state index in [1.54, 1.807) is 24.3 Å². The lowest BCUT2D eigenvalue weighted by atomic mass is 10.3. The summed E-state index contributed by atoms with van der Waals surface area (Å²) in [6.07, 6.45) is 0.520. The number of carbonyl (C=O) groups is 1. The van der Waals surface area contributed by atoms with Gasteiger partial charge in [0.1, 0.15) is 11.0 Å². The smallest absolute Gasteiger partial charge is 0.211 e. The molecule has 1 aromatic carbocycles. The Morgan fingerprint density at radius 2 is 2.08 bits per heavy atom. The van der Waals surface area contributed by atoms with Crippen LogP contribution in [0.1, 0.15) is 0 Å². The van der Waals surface area contributed by atoms with Crippen molar-refractivity contribution in [1.29, 1.82) is 0 Å².